The molecule has 3 aromatic carbocycles. The van der Waals surface area contributed by atoms with Gasteiger partial charge in [0.05, 0.1) is 6.42 Å². The Morgan fingerprint density at radius 2 is 1.77 bits per heavy atom. The number of rotatable bonds is 7. The molecule has 0 saturated carbocycles. The highest BCUT2D eigenvalue weighted by atomic mass is 79.9. The average molecular weight is 468 g/mol. The van der Waals surface area contributed by atoms with Crippen LogP contribution in [0.15, 0.2) is 70.2 Å². The standard InChI is InChI=1S/C23H22BrN3O3/c1-15-11-19(24)8-10-21(15)30-14-23(29)27-26-16(2)12-22(28)25-20-9-7-17-5-3-4-6-18(17)13-20/h3-11,13H,12,14H2,1-2H3,(H,25,28)(H,27,29)/b26-16-. The van der Waals surface area contributed by atoms with Crippen molar-refractivity contribution in [3.05, 3.63) is 70.7 Å². The maximum Gasteiger partial charge on any atom is 0.277 e. The van der Waals surface area contributed by atoms with Crippen LogP contribution in [0.4, 0.5) is 5.69 Å². The summed E-state index contributed by atoms with van der Waals surface area (Å²) in [7, 11) is 0. The fourth-order valence-electron chi connectivity index (χ4n) is 2.85. The van der Waals surface area contributed by atoms with Gasteiger partial charge in [0.15, 0.2) is 6.61 Å². The number of hydrogen-bond donors (Lipinski definition) is 2. The summed E-state index contributed by atoms with van der Waals surface area (Å²) in [5, 5.41) is 8.98. The number of anilines is 1. The maximum absolute atomic E-state index is 12.2. The van der Waals surface area contributed by atoms with Crippen LogP contribution < -0.4 is 15.5 Å². The molecule has 0 aromatic heterocycles. The Kier molecular flexibility index (Phi) is 7.19. The van der Waals surface area contributed by atoms with Crippen molar-refractivity contribution in [2.45, 2.75) is 20.3 Å². The van der Waals surface area contributed by atoms with E-state index in [1.54, 1.807) is 13.0 Å². The third-order valence-corrected chi connectivity index (χ3v) is 4.81. The number of fused-ring (bicyclic) bond motifs is 1. The van der Waals surface area contributed by atoms with Crippen LogP contribution in [0.2, 0.25) is 0 Å². The number of ether oxygens (including phenoxy) is 1. The Balaban J connectivity index is 1.47. The molecule has 7 heteroatoms. The summed E-state index contributed by atoms with van der Waals surface area (Å²) in [5.74, 6) is 0.0259. The number of hydrogen-bond acceptors (Lipinski definition) is 4. The highest BCUT2D eigenvalue weighted by Gasteiger charge is 2.08. The fraction of sp³-hybridized carbons (Fsp3) is 0.174. The van der Waals surface area contributed by atoms with Gasteiger partial charge in [0.2, 0.25) is 5.91 Å². The number of halogens is 1. The molecule has 0 spiro atoms. The van der Waals surface area contributed by atoms with Crippen molar-refractivity contribution in [3.63, 3.8) is 0 Å². The minimum atomic E-state index is -0.397. The van der Waals surface area contributed by atoms with E-state index in [9.17, 15) is 9.59 Å². The largest absolute Gasteiger partial charge is 0.483 e. The van der Waals surface area contributed by atoms with Gasteiger partial charge in [0, 0.05) is 15.9 Å². The topological polar surface area (TPSA) is 79.8 Å². The van der Waals surface area contributed by atoms with Gasteiger partial charge in [-0.05, 0) is 60.5 Å². The van der Waals surface area contributed by atoms with Crippen LogP contribution in [0.1, 0.15) is 18.9 Å². The number of nitrogens with one attached hydrogen (secondary N) is 2. The molecule has 0 aliphatic rings. The zero-order chi connectivity index (χ0) is 21.5. The van der Waals surface area contributed by atoms with E-state index in [-0.39, 0.29) is 18.9 Å². The molecule has 0 bridgehead atoms. The number of benzene rings is 3. The third kappa shape index (κ3) is 6.15. The molecule has 0 aliphatic heterocycles. The SMILES string of the molecule is C/C(CC(=O)Nc1ccc2ccccc2c1)=N/NC(=O)COc1ccc(Br)cc1C. The van der Waals surface area contributed by atoms with Crippen LogP contribution in [-0.4, -0.2) is 24.1 Å². The molecule has 6 nitrogen and oxygen atoms in total. The molecule has 3 rings (SSSR count). The van der Waals surface area contributed by atoms with Crippen LogP contribution in [0.5, 0.6) is 5.75 Å². The molecule has 0 saturated heterocycles. The van der Waals surface area contributed by atoms with E-state index >= 15 is 0 Å². The van der Waals surface area contributed by atoms with Gasteiger partial charge >= 0.3 is 0 Å². The molecule has 0 unspecified atom stereocenters. The Hall–Kier alpha value is -3.19. The molecule has 3 aromatic rings. The predicted molar refractivity (Wildman–Crippen MR) is 123 cm³/mol. The first-order valence-electron chi connectivity index (χ1n) is 9.40. The molecule has 2 N–H and O–H groups in total. The zero-order valence-corrected chi connectivity index (χ0v) is 18.3. The van der Waals surface area contributed by atoms with Crippen molar-refractivity contribution in [2.24, 2.45) is 5.10 Å². The second-order valence-electron chi connectivity index (χ2n) is 6.87. The van der Waals surface area contributed by atoms with Crippen molar-refractivity contribution in [1.82, 2.24) is 5.43 Å². The number of aryl methyl sites for hydroxylation is 1. The van der Waals surface area contributed by atoms with Crippen LogP contribution in [0.25, 0.3) is 10.8 Å². The van der Waals surface area contributed by atoms with Gasteiger partial charge in [-0.25, -0.2) is 5.43 Å². The van der Waals surface area contributed by atoms with Gasteiger partial charge in [0.25, 0.3) is 5.91 Å². The first kappa shape index (κ1) is 21.5. The average Bonchev–Trinajstić information content (AvgIpc) is 2.71. The lowest BCUT2D eigenvalue weighted by atomic mass is 10.1. The summed E-state index contributed by atoms with van der Waals surface area (Å²) in [6, 6.07) is 19.2. The number of amides is 2. The molecule has 154 valence electrons. The zero-order valence-electron chi connectivity index (χ0n) is 16.7. The minimum absolute atomic E-state index is 0.0692. The Labute approximate surface area is 183 Å². The van der Waals surface area contributed by atoms with E-state index in [4.69, 9.17) is 4.74 Å². The molecule has 0 atom stereocenters. The maximum atomic E-state index is 12.2. The fourth-order valence-corrected chi connectivity index (χ4v) is 3.33. The van der Waals surface area contributed by atoms with E-state index in [0.717, 1.165) is 20.8 Å². The van der Waals surface area contributed by atoms with Crippen molar-refractivity contribution >= 4 is 49.9 Å². The molecule has 0 aliphatic carbocycles. The first-order valence-corrected chi connectivity index (χ1v) is 10.2. The summed E-state index contributed by atoms with van der Waals surface area (Å²) in [6.45, 7) is 3.41. The van der Waals surface area contributed by atoms with Gasteiger partial charge in [0.1, 0.15) is 5.75 Å². The van der Waals surface area contributed by atoms with Crippen molar-refractivity contribution in [2.75, 3.05) is 11.9 Å². The second-order valence-corrected chi connectivity index (χ2v) is 7.78. The normalized spacial score (nSPS) is 11.2. The monoisotopic (exact) mass is 467 g/mol. The minimum Gasteiger partial charge on any atom is -0.483 e. The quantitative estimate of drug-likeness (QED) is 0.386. The first-order chi connectivity index (χ1) is 14.4. The summed E-state index contributed by atoms with van der Waals surface area (Å²) in [5.41, 5.74) is 4.53. The summed E-state index contributed by atoms with van der Waals surface area (Å²) >= 11 is 3.38. The van der Waals surface area contributed by atoms with Gasteiger partial charge in [-0.1, -0.05) is 46.3 Å². The van der Waals surface area contributed by atoms with Gasteiger partial charge in [-0.2, -0.15) is 5.10 Å². The lowest BCUT2D eigenvalue weighted by Gasteiger charge is -2.09. The second kappa shape index (κ2) is 10.0. The molecular formula is C23H22BrN3O3. The Morgan fingerprint density at radius 1 is 1.00 bits per heavy atom. The number of carbonyl (C=O) groups is 2. The van der Waals surface area contributed by atoms with E-state index in [1.807, 2.05) is 61.5 Å². The van der Waals surface area contributed by atoms with Crippen LogP contribution in [-0.2, 0) is 9.59 Å². The summed E-state index contributed by atoms with van der Waals surface area (Å²) in [4.78, 5) is 24.2. The van der Waals surface area contributed by atoms with Crippen LogP contribution >= 0.6 is 15.9 Å². The highest BCUT2D eigenvalue weighted by Crippen LogP contribution is 2.22. The van der Waals surface area contributed by atoms with Gasteiger partial charge in [-0.3, -0.25) is 9.59 Å². The third-order valence-electron chi connectivity index (χ3n) is 4.32. The van der Waals surface area contributed by atoms with Gasteiger partial charge < -0.3 is 10.1 Å². The van der Waals surface area contributed by atoms with Crippen LogP contribution in [0, 0.1) is 6.92 Å². The summed E-state index contributed by atoms with van der Waals surface area (Å²) < 4.78 is 6.44. The van der Waals surface area contributed by atoms with E-state index < -0.39 is 5.91 Å². The van der Waals surface area contributed by atoms with Crippen molar-refractivity contribution in [3.8, 4) is 5.75 Å². The number of nitrogens with zero attached hydrogens (tertiary/aromatic N) is 1. The molecule has 0 heterocycles. The molecule has 2 amide bonds. The Morgan fingerprint density at radius 3 is 2.53 bits per heavy atom. The predicted octanol–water partition coefficient (Wildman–Crippen LogP) is 4.81. The number of carbonyl (C=O) groups excluding carboxylic acids is 2. The molecule has 30 heavy (non-hydrogen) atoms. The van der Waals surface area contributed by atoms with E-state index in [2.05, 4.69) is 31.8 Å². The molecular weight excluding hydrogens is 446 g/mol. The van der Waals surface area contributed by atoms with Crippen LogP contribution in [0.3, 0.4) is 0 Å². The number of hydrazone groups is 1. The highest BCUT2D eigenvalue weighted by molar-refractivity contribution is 9.10. The van der Waals surface area contributed by atoms with E-state index in [0.29, 0.717) is 17.1 Å². The molecule has 0 fully saturated rings. The van der Waals surface area contributed by atoms with Crippen molar-refractivity contribution in [1.29, 1.82) is 0 Å². The van der Waals surface area contributed by atoms with Crippen molar-refractivity contribution < 1.29 is 14.3 Å². The molecule has 0 radical (unpaired) electrons. The summed E-state index contributed by atoms with van der Waals surface area (Å²) in [6.07, 6.45) is 0.0692. The van der Waals surface area contributed by atoms with Gasteiger partial charge in [-0.15, -0.1) is 0 Å². The van der Waals surface area contributed by atoms with E-state index in [1.165, 1.54) is 0 Å². The smallest absolute Gasteiger partial charge is 0.277 e. The lowest BCUT2D eigenvalue weighted by molar-refractivity contribution is -0.123. The lowest BCUT2D eigenvalue weighted by Crippen LogP contribution is -2.26. The Bertz CT molecular complexity index is 1110.